The van der Waals surface area contributed by atoms with Crippen LogP contribution in [0, 0.1) is 34.9 Å². The molecule has 0 saturated carbocycles. The molecule has 0 spiro atoms. The number of anilines is 3. The summed E-state index contributed by atoms with van der Waals surface area (Å²) in [4.78, 5) is 23.3. The van der Waals surface area contributed by atoms with Gasteiger partial charge in [0.1, 0.15) is 48.1 Å². The maximum Gasteiger partial charge on any atom is 0.232 e. The van der Waals surface area contributed by atoms with E-state index in [1.807, 2.05) is 22.9 Å². The summed E-state index contributed by atoms with van der Waals surface area (Å²) in [5.74, 6) is -7.71. The highest BCUT2D eigenvalue weighted by molar-refractivity contribution is 8.14. The molecule has 18 nitrogen and oxygen atoms in total. The van der Waals surface area contributed by atoms with Gasteiger partial charge < -0.3 is 0 Å². The Morgan fingerprint density at radius 3 is 1.30 bits per heavy atom. The molecule has 0 aliphatic carbocycles. The zero-order valence-electron chi connectivity index (χ0n) is 51.9. The highest BCUT2D eigenvalue weighted by Crippen LogP contribution is 2.39. The van der Waals surface area contributed by atoms with Crippen molar-refractivity contribution in [3.05, 3.63) is 230 Å². The normalized spacial score (nSPS) is 13.5. The lowest BCUT2D eigenvalue weighted by atomic mass is 10.1. The third kappa shape index (κ3) is 17.1. The van der Waals surface area contributed by atoms with E-state index in [2.05, 4.69) is 39.4 Å². The number of sulfone groups is 1. The quantitative estimate of drug-likeness (QED) is 0.0676. The number of aromatic nitrogens is 3. The number of nitrogens with zero attached hydrogens (tertiary/aromatic N) is 6. The number of fused-ring (bicyclic) bond motifs is 3. The van der Waals surface area contributed by atoms with Crippen LogP contribution < -0.4 is 14.2 Å². The fraction of sp³-hybridized carbons (Fsp3) is 0.182. The van der Waals surface area contributed by atoms with Gasteiger partial charge in [-0.05, 0) is 127 Å². The summed E-state index contributed by atoms with van der Waals surface area (Å²) in [6, 6.07) is 31.6. The van der Waals surface area contributed by atoms with Crippen LogP contribution in [-0.2, 0) is 70.3 Å². The standard InChI is InChI=1S/C22H18ClF2N3O4S2.C22H18ClF2N3O3S2.C22H18ClF2N3O2S2/c1-2-9-33(29,30)28-18-8-7-17(24)21(20(18)25)34(31,32)22-16-10-14(11-26-19(16)12-27-22)13-3-5-15(23)6-4-13;1-2-9-33(30,31)28-18-8-7-17(24)21(20(18)25)32(29)22-16-10-14(11-26-19(16)12-27-22)13-3-5-15(23)6-4-13;1-2-9-32(29,30)28-18-8-7-17(24)21(20(18)25)31-22-16-10-14(11-26-19(16)12-27-22)13-3-5-15(23)6-4-13/h3-8,10-11,28H,2,9,12H2,1H3;3-8,10-11,28H,2,9,12H2,1H3;3-8,10-11,28H,2,9,12H2,1H3. The Bertz CT molecular complexity index is 5260. The molecule has 99 heavy (non-hydrogen) atoms. The lowest BCUT2D eigenvalue weighted by Crippen LogP contribution is -2.21. The van der Waals surface area contributed by atoms with E-state index in [9.17, 15) is 51.1 Å². The first kappa shape index (κ1) is 73.6. The SMILES string of the molecule is CCCS(=O)(=O)Nc1ccc(F)c(S(=O)(=O)C2=NCc3ncc(-c4ccc(Cl)cc4)cc32)c1F.CCCS(=O)(=O)Nc1ccc(F)c(S(=O)C2=NCc3ncc(-c4ccc(Cl)cc4)cc32)c1F.CCCS(=O)(=O)Nc1ccc(F)c(SC2=NCc3ncc(-c4ccc(Cl)cc4)cc32)c1F. The third-order valence-electron chi connectivity index (χ3n) is 14.7. The number of rotatable bonds is 18. The number of pyridine rings is 3. The van der Waals surface area contributed by atoms with E-state index in [-0.39, 0.29) is 58.0 Å². The molecule has 0 saturated heterocycles. The van der Waals surface area contributed by atoms with Crippen molar-refractivity contribution in [3.8, 4) is 33.4 Å². The molecule has 1 atom stereocenters. The van der Waals surface area contributed by atoms with Crippen LogP contribution in [0.2, 0.25) is 15.1 Å². The van der Waals surface area contributed by atoms with Crippen molar-refractivity contribution in [2.45, 2.75) is 74.4 Å². The van der Waals surface area contributed by atoms with Gasteiger partial charge >= 0.3 is 0 Å². The topological polar surface area (TPSA) is 265 Å². The van der Waals surface area contributed by atoms with Gasteiger partial charge in [0.05, 0.1) is 75.9 Å². The van der Waals surface area contributed by atoms with Gasteiger partial charge in [0.15, 0.2) is 22.5 Å². The minimum atomic E-state index is -4.81. The second kappa shape index (κ2) is 30.8. The second-order valence-corrected chi connectivity index (χ2v) is 32.9. The predicted molar refractivity (Wildman–Crippen MR) is 376 cm³/mol. The molecule has 3 N–H and O–H groups in total. The van der Waals surface area contributed by atoms with Crippen molar-refractivity contribution in [3.63, 3.8) is 0 Å². The predicted octanol–water partition coefficient (Wildman–Crippen LogP) is 15.4. The number of nitrogens with one attached hydrogen (secondary N) is 3. The van der Waals surface area contributed by atoms with Crippen molar-refractivity contribution in [2.75, 3.05) is 31.4 Å². The van der Waals surface area contributed by atoms with Gasteiger partial charge in [-0.3, -0.25) is 44.1 Å². The van der Waals surface area contributed by atoms with E-state index in [4.69, 9.17) is 34.8 Å². The van der Waals surface area contributed by atoms with Crippen LogP contribution in [0.25, 0.3) is 33.4 Å². The Labute approximate surface area is 588 Å². The highest BCUT2D eigenvalue weighted by Gasteiger charge is 2.37. The van der Waals surface area contributed by atoms with Crippen LogP contribution in [0.4, 0.5) is 43.4 Å². The Morgan fingerprint density at radius 1 is 0.444 bits per heavy atom. The van der Waals surface area contributed by atoms with Crippen molar-refractivity contribution in [2.24, 2.45) is 15.0 Å². The van der Waals surface area contributed by atoms with Crippen LogP contribution in [0.5, 0.6) is 0 Å². The minimum absolute atomic E-state index is 0.0281. The zero-order valence-corrected chi connectivity index (χ0v) is 59.1. The molecule has 3 aliphatic rings. The lowest BCUT2D eigenvalue weighted by Gasteiger charge is -2.13. The molecule has 0 radical (unpaired) electrons. The van der Waals surface area contributed by atoms with Crippen molar-refractivity contribution in [1.29, 1.82) is 0 Å². The molecule has 3 aromatic heterocycles. The third-order valence-corrected chi connectivity index (χ3v) is 24.2. The maximum atomic E-state index is 15.2. The zero-order chi connectivity index (χ0) is 71.3. The van der Waals surface area contributed by atoms with Gasteiger partial charge in [0, 0.05) is 67.0 Å². The van der Waals surface area contributed by atoms with Crippen LogP contribution in [0.1, 0.15) is 73.8 Å². The van der Waals surface area contributed by atoms with Crippen LogP contribution in [0.3, 0.4) is 0 Å². The summed E-state index contributed by atoms with van der Waals surface area (Å²) in [5.41, 5.74) is 5.79. The summed E-state index contributed by atoms with van der Waals surface area (Å²) in [5, 5.41) is 1.53. The van der Waals surface area contributed by atoms with Gasteiger partial charge in [-0.15, -0.1) is 0 Å². The number of aliphatic imine (C=N–C) groups is 3. The van der Waals surface area contributed by atoms with Crippen LogP contribution >= 0.6 is 46.6 Å². The molecule has 6 aromatic carbocycles. The molecule has 12 rings (SSSR count). The molecule has 6 heterocycles. The van der Waals surface area contributed by atoms with E-state index >= 15 is 13.2 Å². The highest BCUT2D eigenvalue weighted by atomic mass is 35.5. The summed E-state index contributed by atoms with van der Waals surface area (Å²) >= 11 is 18.6. The monoisotopic (exact) mass is 1530 g/mol. The number of thioether (sulfide) groups is 1. The lowest BCUT2D eigenvalue weighted by molar-refractivity contribution is 0.525. The first-order chi connectivity index (χ1) is 47.0. The van der Waals surface area contributed by atoms with Gasteiger partial charge in [-0.2, -0.15) is 0 Å². The fourth-order valence-electron chi connectivity index (χ4n) is 10.1. The number of halogens is 9. The Hall–Kier alpha value is -8.07. The number of hydrogen-bond acceptors (Lipinski definition) is 16. The van der Waals surface area contributed by atoms with Crippen molar-refractivity contribution in [1.82, 2.24) is 15.0 Å². The van der Waals surface area contributed by atoms with Crippen LogP contribution in [-0.4, -0.2) is 85.2 Å². The van der Waals surface area contributed by atoms with E-state index in [0.29, 0.717) is 90.5 Å². The average Bonchev–Trinajstić information content (AvgIpc) is 1.72. The molecule has 33 heteroatoms. The van der Waals surface area contributed by atoms with Gasteiger partial charge in [0.2, 0.25) is 39.9 Å². The molecule has 9 aromatic rings. The largest absolute Gasteiger partial charge is 0.281 e. The number of sulfonamides is 3. The molecular formula is C66H54Cl3F6N9O9S6. The van der Waals surface area contributed by atoms with Crippen molar-refractivity contribution < 1.29 is 64.2 Å². The molecule has 0 bridgehead atoms. The minimum Gasteiger partial charge on any atom is -0.281 e. The second-order valence-electron chi connectivity index (χ2n) is 21.9. The molecule has 3 aliphatic heterocycles. The van der Waals surface area contributed by atoms with E-state index in [0.717, 1.165) is 58.8 Å². The first-order valence-electron chi connectivity index (χ1n) is 29.7. The molecule has 0 amide bonds. The average molecular weight is 1530 g/mol. The van der Waals surface area contributed by atoms with E-state index in [1.54, 1.807) is 99.9 Å². The summed E-state index contributed by atoms with van der Waals surface area (Å²) in [7, 11) is -18.7. The Balaban J connectivity index is 0.000000161. The molecular weight excluding hydrogens is 1480 g/mol. The molecule has 0 fully saturated rings. The van der Waals surface area contributed by atoms with Crippen molar-refractivity contribution >= 4 is 129 Å². The summed E-state index contributed by atoms with van der Waals surface area (Å²) < 4.78 is 208. The Morgan fingerprint density at radius 2 is 0.828 bits per heavy atom. The van der Waals surface area contributed by atoms with Gasteiger partial charge in [-0.25, -0.2) is 64.2 Å². The smallest absolute Gasteiger partial charge is 0.232 e. The van der Waals surface area contributed by atoms with Crippen LogP contribution in [0.15, 0.2) is 176 Å². The molecule has 1 unspecified atom stereocenters. The summed E-state index contributed by atoms with van der Waals surface area (Å²) in [6.07, 6.45) is 5.82. The van der Waals surface area contributed by atoms with Gasteiger partial charge in [-0.1, -0.05) is 104 Å². The van der Waals surface area contributed by atoms with Gasteiger partial charge in [0.25, 0.3) is 0 Å². The van der Waals surface area contributed by atoms with E-state index in [1.165, 1.54) is 12.3 Å². The number of hydrogen-bond donors (Lipinski definition) is 3. The number of benzene rings is 6. The molecule has 516 valence electrons. The first-order valence-corrected chi connectivity index (χ1v) is 39.2. The Kier molecular flexibility index (Phi) is 22.9. The fourth-order valence-corrected chi connectivity index (χ4v) is 17.7. The maximum absolute atomic E-state index is 15.2. The van der Waals surface area contributed by atoms with E-state index < -0.39 is 112 Å². The summed E-state index contributed by atoms with van der Waals surface area (Å²) in [6.45, 7) is 5.29.